The van der Waals surface area contributed by atoms with Crippen LogP contribution in [0.4, 0.5) is 11.6 Å². The van der Waals surface area contributed by atoms with Gasteiger partial charge in [-0.15, -0.1) is 0 Å². The van der Waals surface area contributed by atoms with Crippen LogP contribution in [0.2, 0.25) is 5.02 Å². The van der Waals surface area contributed by atoms with Crippen molar-refractivity contribution in [3.63, 3.8) is 0 Å². The molecule has 184 valence electrons. The summed E-state index contributed by atoms with van der Waals surface area (Å²) in [5.74, 6) is -0.575. The molecule has 3 aromatic carbocycles. The number of amides is 1. The van der Waals surface area contributed by atoms with Gasteiger partial charge < -0.3 is 15.8 Å². The zero-order valence-electron chi connectivity index (χ0n) is 19.7. The van der Waals surface area contributed by atoms with Gasteiger partial charge in [-0.3, -0.25) is 9.89 Å². The summed E-state index contributed by atoms with van der Waals surface area (Å²) in [4.78, 5) is 33.8. The quantitative estimate of drug-likeness (QED) is 0.275. The summed E-state index contributed by atoms with van der Waals surface area (Å²) >= 11 is 6.49. The summed E-state index contributed by atoms with van der Waals surface area (Å²) in [6.07, 6.45) is 1.72. The number of H-pyrrole nitrogens is 1. The normalized spacial score (nSPS) is 10.9. The Labute approximate surface area is 216 Å². The number of carbonyl (C=O) groups is 2. The second-order valence-electron chi connectivity index (χ2n) is 8.23. The number of nitrogen functional groups attached to an aromatic ring is 1. The van der Waals surface area contributed by atoms with Gasteiger partial charge in [0, 0.05) is 16.5 Å². The first-order chi connectivity index (χ1) is 17.9. The van der Waals surface area contributed by atoms with Gasteiger partial charge in [0.2, 0.25) is 5.91 Å². The van der Waals surface area contributed by atoms with E-state index in [0.717, 1.165) is 10.9 Å². The van der Waals surface area contributed by atoms with Crippen LogP contribution >= 0.6 is 11.6 Å². The standard InChI is InChI=1S/C27H21ClN6O3/c1-37-27(36)17-9-7-15(8-10-17)11-21(35)31-26-25(29)32-23(16-5-3-2-4-6-16)24(33-26)18-12-19-14-30-34-22(19)20(28)13-18/h2-10,12-14H,11H2,1H3,(H2,29,32)(H,30,34)(H,31,33,35). The Balaban J connectivity index is 1.50. The first-order valence-electron chi connectivity index (χ1n) is 11.3. The lowest BCUT2D eigenvalue weighted by atomic mass is 10.0. The van der Waals surface area contributed by atoms with Crippen molar-refractivity contribution in [1.82, 2.24) is 20.2 Å². The zero-order valence-corrected chi connectivity index (χ0v) is 20.4. The van der Waals surface area contributed by atoms with Crippen molar-refractivity contribution in [3.8, 4) is 22.5 Å². The molecule has 2 aromatic heterocycles. The van der Waals surface area contributed by atoms with Crippen molar-refractivity contribution in [1.29, 1.82) is 0 Å². The summed E-state index contributed by atoms with van der Waals surface area (Å²) in [6, 6.07) is 19.7. The van der Waals surface area contributed by atoms with Crippen LogP contribution in [0.3, 0.4) is 0 Å². The molecule has 0 spiro atoms. The molecule has 0 aliphatic carbocycles. The van der Waals surface area contributed by atoms with E-state index in [9.17, 15) is 9.59 Å². The maximum atomic E-state index is 12.8. The van der Waals surface area contributed by atoms with E-state index in [-0.39, 0.29) is 24.0 Å². The van der Waals surface area contributed by atoms with Crippen LogP contribution in [0.15, 0.2) is 72.9 Å². The fourth-order valence-electron chi connectivity index (χ4n) is 3.93. The van der Waals surface area contributed by atoms with Crippen molar-refractivity contribution in [2.24, 2.45) is 0 Å². The van der Waals surface area contributed by atoms with E-state index in [1.54, 1.807) is 36.5 Å². The molecule has 37 heavy (non-hydrogen) atoms. The molecule has 2 heterocycles. The third-order valence-corrected chi connectivity index (χ3v) is 6.04. The van der Waals surface area contributed by atoms with Gasteiger partial charge in [-0.25, -0.2) is 14.8 Å². The molecule has 0 radical (unpaired) electrons. The summed E-state index contributed by atoms with van der Waals surface area (Å²) in [7, 11) is 1.31. The lowest BCUT2D eigenvalue weighted by molar-refractivity contribution is -0.115. The number of methoxy groups -OCH3 is 1. The van der Waals surface area contributed by atoms with Crippen molar-refractivity contribution in [2.45, 2.75) is 6.42 Å². The Bertz CT molecular complexity index is 1620. The number of hydrogen-bond acceptors (Lipinski definition) is 7. The van der Waals surface area contributed by atoms with Crippen LogP contribution in [-0.4, -0.2) is 39.2 Å². The number of benzene rings is 3. The fourth-order valence-corrected chi connectivity index (χ4v) is 4.20. The first kappa shape index (κ1) is 24.0. The van der Waals surface area contributed by atoms with Gasteiger partial charge in [-0.05, 0) is 29.8 Å². The molecule has 9 nitrogen and oxygen atoms in total. The number of fused-ring (bicyclic) bond motifs is 1. The zero-order chi connectivity index (χ0) is 25.9. The van der Waals surface area contributed by atoms with Gasteiger partial charge in [0.15, 0.2) is 11.6 Å². The number of ether oxygens (including phenoxy) is 1. The Morgan fingerprint density at radius 1 is 1.00 bits per heavy atom. The summed E-state index contributed by atoms with van der Waals surface area (Å²) in [6.45, 7) is 0. The van der Waals surface area contributed by atoms with E-state index in [1.807, 2.05) is 36.4 Å². The highest BCUT2D eigenvalue weighted by molar-refractivity contribution is 6.35. The maximum absolute atomic E-state index is 12.8. The summed E-state index contributed by atoms with van der Waals surface area (Å²) < 4.78 is 4.70. The summed E-state index contributed by atoms with van der Waals surface area (Å²) in [5.41, 5.74) is 10.6. The molecule has 0 bridgehead atoms. The lowest BCUT2D eigenvalue weighted by Gasteiger charge is -2.14. The molecule has 5 rings (SSSR count). The number of halogens is 1. The third-order valence-electron chi connectivity index (χ3n) is 5.74. The molecule has 5 aromatic rings. The Hall–Kier alpha value is -4.76. The maximum Gasteiger partial charge on any atom is 0.337 e. The SMILES string of the molecule is COC(=O)c1ccc(CC(=O)Nc2nc(-c3cc(Cl)c4[nH]ncc4c3)c(-c3ccccc3)nc2N)cc1. The average Bonchev–Trinajstić information content (AvgIpc) is 3.39. The Morgan fingerprint density at radius 2 is 1.73 bits per heavy atom. The molecule has 0 aliphatic rings. The van der Waals surface area contributed by atoms with Crippen molar-refractivity contribution < 1.29 is 14.3 Å². The van der Waals surface area contributed by atoms with Gasteiger partial charge in [-0.2, -0.15) is 5.10 Å². The predicted octanol–water partition coefficient (Wildman–Crippen LogP) is 4.89. The number of rotatable bonds is 6. The molecule has 0 atom stereocenters. The molecule has 0 aliphatic heterocycles. The number of nitrogens with zero attached hydrogens (tertiary/aromatic N) is 3. The molecular formula is C27H21ClN6O3. The van der Waals surface area contributed by atoms with Crippen molar-refractivity contribution in [2.75, 3.05) is 18.2 Å². The monoisotopic (exact) mass is 512 g/mol. The topological polar surface area (TPSA) is 136 Å². The van der Waals surface area contributed by atoms with E-state index in [4.69, 9.17) is 27.1 Å². The Kier molecular flexibility index (Phi) is 6.53. The number of hydrogen-bond donors (Lipinski definition) is 3. The van der Waals surface area contributed by atoms with Crippen molar-refractivity contribution >= 4 is 46.0 Å². The number of anilines is 2. The molecule has 0 fully saturated rings. The van der Waals surface area contributed by atoms with Crippen LogP contribution < -0.4 is 11.1 Å². The third kappa shape index (κ3) is 4.98. The van der Waals surface area contributed by atoms with E-state index in [1.165, 1.54) is 7.11 Å². The predicted molar refractivity (Wildman–Crippen MR) is 142 cm³/mol. The number of aromatic nitrogens is 4. The molecule has 1 amide bonds. The highest BCUT2D eigenvalue weighted by Gasteiger charge is 2.19. The van der Waals surface area contributed by atoms with E-state index < -0.39 is 5.97 Å². The van der Waals surface area contributed by atoms with Gasteiger partial charge in [0.1, 0.15) is 0 Å². The number of carbonyl (C=O) groups excluding carboxylic acids is 2. The molecule has 0 unspecified atom stereocenters. The lowest BCUT2D eigenvalue weighted by Crippen LogP contribution is -2.18. The van der Waals surface area contributed by atoms with Crippen molar-refractivity contribution in [3.05, 3.63) is 89.1 Å². The second-order valence-corrected chi connectivity index (χ2v) is 8.63. The van der Waals surface area contributed by atoms with Gasteiger partial charge in [0.05, 0.1) is 47.2 Å². The van der Waals surface area contributed by atoms with Crippen LogP contribution in [0.25, 0.3) is 33.4 Å². The van der Waals surface area contributed by atoms with E-state index in [0.29, 0.717) is 38.6 Å². The van der Waals surface area contributed by atoms with Gasteiger partial charge in [0.25, 0.3) is 0 Å². The minimum atomic E-state index is -0.446. The molecule has 0 saturated carbocycles. The second kappa shape index (κ2) is 10.1. The van der Waals surface area contributed by atoms with Crippen LogP contribution in [0, 0.1) is 0 Å². The van der Waals surface area contributed by atoms with Crippen LogP contribution in [0.5, 0.6) is 0 Å². The van der Waals surface area contributed by atoms with Gasteiger partial charge >= 0.3 is 5.97 Å². The molecule has 10 heteroatoms. The molecule has 4 N–H and O–H groups in total. The number of nitrogens with one attached hydrogen (secondary N) is 2. The van der Waals surface area contributed by atoms with Crippen LogP contribution in [-0.2, 0) is 16.0 Å². The largest absolute Gasteiger partial charge is 0.465 e. The fraction of sp³-hybridized carbons (Fsp3) is 0.0741. The minimum absolute atomic E-state index is 0.0468. The Morgan fingerprint density at radius 3 is 2.46 bits per heavy atom. The molecular weight excluding hydrogens is 492 g/mol. The number of aromatic amines is 1. The van der Waals surface area contributed by atoms with E-state index in [2.05, 4.69) is 20.5 Å². The summed E-state index contributed by atoms with van der Waals surface area (Å²) in [5, 5.41) is 11.0. The minimum Gasteiger partial charge on any atom is -0.465 e. The highest BCUT2D eigenvalue weighted by atomic mass is 35.5. The number of esters is 1. The highest BCUT2D eigenvalue weighted by Crippen LogP contribution is 2.35. The number of nitrogens with two attached hydrogens (primary N) is 1. The average molecular weight is 513 g/mol. The van der Waals surface area contributed by atoms with E-state index >= 15 is 0 Å². The van der Waals surface area contributed by atoms with Crippen LogP contribution in [0.1, 0.15) is 15.9 Å². The smallest absolute Gasteiger partial charge is 0.337 e. The van der Waals surface area contributed by atoms with Gasteiger partial charge in [-0.1, -0.05) is 54.1 Å². The first-order valence-corrected chi connectivity index (χ1v) is 11.6. The molecule has 0 saturated heterocycles.